The van der Waals surface area contributed by atoms with Crippen LogP contribution in [0.1, 0.15) is 6.42 Å². The lowest BCUT2D eigenvalue weighted by atomic mass is 10.4. The van der Waals surface area contributed by atoms with Gasteiger partial charge >= 0.3 is 0 Å². The van der Waals surface area contributed by atoms with Crippen molar-refractivity contribution < 1.29 is 0 Å². The Kier molecular flexibility index (Phi) is 2.17. The lowest BCUT2D eigenvalue weighted by Crippen LogP contribution is -1.81. The summed E-state index contributed by atoms with van der Waals surface area (Å²) >= 11 is 6.87. The molecule has 42 valence electrons. The van der Waals surface area contributed by atoms with E-state index in [2.05, 4.69) is 31.9 Å². The van der Waals surface area contributed by atoms with Crippen molar-refractivity contribution in [1.82, 2.24) is 0 Å². The minimum Gasteiger partial charge on any atom is -0.0925 e. The maximum Gasteiger partial charge on any atom is 0.00627 e. The fraction of sp³-hybridized carbons (Fsp3) is 1.00. The van der Waals surface area contributed by atoms with Gasteiger partial charge in [-0.15, -0.1) is 0 Å². The zero-order chi connectivity index (χ0) is 5.28. The molecule has 1 aliphatic carbocycles. The zero-order valence-corrected chi connectivity index (χ0v) is 7.20. The van der Waals surface area contributed by atoms with Crippen LogP contribution in [0.3, 0.4) is 0 Å². The van der Waals surface area contributed by atoms with Crippen molar-refractivity contribution >= 4 is 31.9 Å². The van der Waals surface area contributed by atoms with Gasteiger partial charge in [0.2, 0.25) is 0 Å². The summed E-state index contributed by atoms with van der Waals surface area (Å²) in [6.07, 6.45) is 1.43. The molecule has 0 aliphatic heterocycles. The van der Waals surface area contributed by atoms with E-state index in [1.807, 2.05) is 0 Å². The van der Waals surface area contributed by atoms with Crippen LogP contribution in [0.25, 0.3) is 0 Å². The molecule has 0 amide bonds. The second kappa shape index (κ2) is 2.49. The minimum absolute atomic E-state index is 0.986. The van der Waals surface area contributed by atoms with Gasteiger partial charge in [-0.3, -0.25) is 0 Å². The van der Waals surface area contributed by atoms with E-state index in [0.29, 0.717) is 0 Å². The topological polar surface area (TPSA) is 0 Å². The molecule has 0 heterocycles. The van der Waals surface area contributed by atoms with Crippen LogP contribution >= 0.6 is 31.9 Å². The first kappa shape index (κ1) is 6.09. The number of halogens is 2. The van der Waals surface area contributed by atoms with Gasteiger partial charge < -0.3 is 0 Å². The van der Waals surface area contributed by atoms with E-state index in [1.165, 1.54) is 17.1 Å². The molecule has 0 bridgehead atoms. The predicted molar refractivity (Wildman–Crippen MR) is 39.2 cm³/mol. The largest absolute Gasteiger partial charge is 0.0925 e. The smallest absolute Gasteiger partial charge is 0.00627 e. The molecule has 0 aromatic heterocycles. The molecule has 1 rings (SSSR count). The zero-order valence-electron chi connectivity index (χ0n) is 4.03. The number of alkyl halides is 2. The van der Waals surface area contributed by atoms with Crippen LogP contribution in [0.2, 0.25) is 0 Å². The summed E-state index contributed by atoms with van der Waals surface area (Å²) in [5.74, 6) is 1.97. The standard InChI is InChI=1S/C5H8Br2/c6-2-4-1-5(4)3-7/h4-5H,1-3H2/t4-,5-/m0/s1. The Hall–Kier alpha value is 0.960. The highest BCUT2D eigenvalue weighted by atomic mass is 79.9. The summed E-state index contributed by atoms with van der Waals surface area (Å²) in [6.45, 7) is 0. The summed E-state index contributed by atoms with van der Waals surface area (Å²) in [7, 11) is 0. The quantitative estimate of drug-likeness (QED) is 0.636. The van der Waals surface area contributed by atoms with E-state index in [1.54, 1.807) is 0 Å². The highest BCUT2D eigenvalue weighted by Crippen LogP contribution is 2.40. The fourth-order valence-electron chi connectivity index (χ4n) is 0.688. The van der Waals surface area contributed by atoms with Gasteiger partial charge in [0.25, 0.3) is 0 Å². The molecule has 2 heteroatoms. The highest BCUT2D eigenvalue weighted by molar-refractivity contribution is 9.09. The van der Waals surface area contributed by atoms with Gasteiger partial charge in [0.15, 0.2) is 0 Å². The molecular formula is C5H8Br2. The lowest BCUT2D eigenvalue weighted by molar-refractivity contribution is 0.866. The molecular weight excluding hydrogens is 220 g/mol. The van der Waals surface area contributed by atoms with E-state index < -0.39 is 0 Å². The molecule has 0 radical (unpaired) electrons. The first-order valence-corrected chi connectivity index (χ1v) is 4.74. The molecule has 0 aromatic carbocycles. The number of hydrogen-bond acceptors (Lipinski definition) is 0. The highest BCUT2D eigenvalue weighted by Gasteiger charge is 2.34. The van der Waals surface area contributed by atoms with Gasteiger partial charge in [-0.25, -0.2) is 0 Å². The maximum absolute atomic E-state index is 3.44. The van der Waals surface area contributed by atoms with Gasteiger partial charge in [0, 0.05) is 10.7 Å². The Morgan fingerprint density at radius 3 is 1.71 bits per heavy atom. The van der Waals surface area contributed by atoms with Crippen LogP contribution in [0.5, 0.6) is 0 Å². The normalized spacial score (nSPS) is 38.6. The van der Waals surface area contributed by atoms with Crippen molar-refractivity contribution in [2.45, 2.75) is 6.42 Å². The molecule has 0 N–H and O–H groups in total. The third kappa shape index (κ3) is 1.43. The Bertz CT molecular complexity index is 55.1. The number of rotatable bonds is 2. The summed E-state index contributed by atoms with van der Waals surface area (Å²) in [4.78, 5) is 0. The second-order valence-corrected chi connectivity index (χ2v) is 3.36. The van der Waals surface area contributed by atoms with Gasteiger partial charge in [0.05, 0.1) is 0 Å². The van der Waals surface area contributed by atoms with E-state index in [9.17, 15) is 0 Å². The first-order chi connectivity index (χ1) is 3.38. The van der Waals surface area contributed by atoms with Crippen molar-refractivity contribution in [1.29, 1.82) is 0 Å². The van der Waals surface area contributed by atoms with Crippen molar-refractivity contribution in [3.8, 4) is 0 Å². The summed E-state index contributed by atoms with van der Waals surface area (Å²) < 4.78 is 0. The molecule has 0 unspecified atom stereocenters. The van der Waals surface area contributed by atoms with Gasteiger partial charge in [-0.1, -0.05) is 31.9 Å². The van der Waals surface area contributed by atoms with Crippen LogP contribution in [-0.4, -0.2) is 10.7 Å². The molecule has 0 aromatic rings. The fourth-order valence-corrected chi connectivity index (χ4v) is 2.27. The van der Waals surface area contributed by atoms with Crippen molar-refractivity contribution in [2.24, 2.45) is 11.8 Å². The van der Waals surface area contributed by atoms with Gasteiger partial charge in [0.1, 0.15) is 0 Å². The molecule has 0 saturated heterocycles. The molecule has 0 spiro atoms. The van der Waals surface area contributed by atoms with Crippen LogP contribution in [0.4, 0.5) is 0 Å². The monoisotopic (exact) mass is 226 g/mol. The van der Waals surface area contributed by atoms with Crippen LogP contribution in [0, 0.1) is 11.8 Å². The Morgan fingerprint density at radius 1 is 1.14 bits per heavy atom. The lowest BCUT2D eigenvalue weighted by Gasteiger charge is -1.82. The van der Waals surface area contributed by atoms with Crippen molar-refractivity contribution in [2.75, 3.05) is 10.7 Å². The Balaban J connectivity index is 2.06. The molecule has 2 atom stereocenters. The summed E-state index contributed by atoms with van der Waals surface area (Å²) in [5, 5.41) is 2.40. The van der Waals surface area contributed by atoms with Crippen LogP contribution in [-0.2, 0) is 0 Å². The number of hydrogen-bond donors (Lipinski definition) is 0. The molecule has 1 saturated carbocycles. The van der Waals surface area contributed by atoms with E-state index in [4.69, 9.17) is 0 Å². The van der Waals surface area contributed by atoms with Gasteiger partial charge in [-0.2, -0.15) is 0 Å². The maximum atomic E-state index is 3.44. The minimum atomic E-state index is 0.986. The van der Waals surface area contributed by atoms with Crippen molar-refractivity contribution in [3.05, 3.63) is 0 Å². The molecule has 1 aliphatic rings. The summed E-state index contributed by atoms with van der Waals surface area (Å²) in [5.41, 5.74) is 0. The van der Waals surface area contributed by atoms with Crippen molar-refractivity contribution in [3.63, 3.8) is 0 Å². The summed E-state index contributed by atoms with van der Waals surface area (Å²) in [6, 6.07) is 0. The first-order valence-electron chi connectivity index (χ1n) is 2.50. The van der Waals surface area contributed by atoms with Crippen LogP contribution < -0.4 is 0 Å². The second-order valence-electron chi connectivity index (χ2n) is 2.06. The third-order valence-corrected chi connectivity index (χ3v) is 3.13. The third-order valence-electron chi connectivity index (χ3n) is 1.47. The molecule has 0 nitrogen and oxygen atoms in total. The molecule has 7 heavy (non-hydrogen) atoms. The Morgan fingerprint density at radius 2 is 1.57 bits per heavy atom. The van der Waals surface area contributed by atoms with Crippen LogP contribution in [0.15, 0.2) is 0 Å². The molecule has 1 fully saturated rings. The average molecular weight is 228 g/mol. The predicted octanol–water partition coefficient (Wildman–Crippen LogP) is 2.41. The van der Waals surface area contributed by atoms with Gasteiger partial charge in [-0.05, 0) is 18.3 Å². The SMILES string of the molecule is BrC[C@@H]1C[C@H]1CBr. The Labute approximate surface area is 60.9 Å². The van der Waals surface area contributed by atoms with E-state index in [-0.39, 0.29) is 0 Å². The van der Waals surface area contributed by atoms with E-state index >= 15 is 0 Å². The van der Waals surface area contributed by atoms with E-state index in [0.717, 1.165) is 11.8 Å². The average Bonchev–Trinajstić information content (AvgIpc) is 2.43.